The van der Waals surface area contributed by atoms with Gasteiger partial charge in [-0.3, -0.25) is 0 Å². The number of hydrogen-bond acceptors (Lipinski definition) is 4. The lowest BCUT2D eigenvalue weighted by Crippen LogP contribution is -2.43. The molecule has 0 unspecified atom stereocenters. The molecule has 0 spiro atoms. The van der Waals surface area contributed by atoms with Crippen LogP contribution in [0.4, 0.5) is 5.69 Å². The minimum absolute atomic E-state index is 0.283. The molecule has 100 valence electrons. The van der Waals surface area contributed by atoms with E-state index in [0.717, 1.165) is 30.3 Å². The van der Waals surface area contributed by atoms with Crippen molar-refractivity contribution < 1.29 is 9.47 Å². The van der Waals surface area contributed by atoms with Gasteiger partial charge in [0.25, 0.3) is 0 Å². The first-order valence-corrected chi connectivity index (χ1v) is 6.39. The largest absolute Gasteiger partial charge is 0.497 e. The Bertz CT molecular complexity index is 397. The number of methoxy groups -OCH3 is 2. The van der Waals surface area contributed by atoms with Gasteiger partial charge in [-0.2, -0.15) is 0 Å². The minimum atomic E-state index is 0.283. The van der Waals surface area contributed by atoms with Gasteiger partial charge in [-0.25, -0.2) is 0 Å². The van der Waals surface area contributed by atoms with Crippen LogP contribution in [0.25, 0.3) is 0 Å². The summed E-state index contributed by atoms with van der Waals surface area (Å²) in [4.78, 5) is 0. The number of nitrogens with two attached hydrogens (primary N) is 1. The highest BCUT2D eigenvalue weighted by Crippen LogP contribution is 2.40. The topological polar surface area (TPSA) is 56.5 Å². The molecule has 1 aromatic carbocycles. The van der Waals surface area contributed by atoms with Gasteiger partial charge in [-0.15, -0.1) is 0 Å². The van der Waals surface area contributed by atoms with Gasteiger partial charge < -0.3 is 20.5 Å². The third-order valence-corrected chi connectivity index (χ3v) is 3.91. The first-order valence-electron chi connectivity index (χ1n) is 6.39. The summed E-state index contributed by atoms with van der Waals surface area (Å²) in [6.45, 7) is 1.66. The maximum absolute atomic E-state index is 5.86. The van der Waals surface area contributed by atoms with Crippen molar-refractivity contribution in [2.75, 3.05) is 32.6 Å². The summed E-state index contributed by atoms with van der Waals surface area (Å²) in [5.74, 6) is 1.61. The van der Waals surface area contributed by atoms with Crippen LogP contribution in [-0.2, 0) is 0 Å². The summed E-state index contributed by atoms with van der Waals surface area (Å²) in [6, 6.07) is 5.81. The van der Waals surface area contributed by atoms with Crippen molar-refractivity contribution in [3.63, 3.8) is 0 Å². The second-order valence-electron chi connectivity index (χ2n) is 4.98. The van der Waals surface area contributed by atoms with Crippen molar-refractivity contribution in [2.24, 2.45) is 11.1 Å². The van der Waals surface area contributed by atoms with E-state index in [1.807, 2.05) is 18.2 Å². The van der Waals surface area contributed by atoms with Crippen molar-refractivity contribution in [3.8, 4) is 11.5 Å². The third-order valence-electron chi connectivity index (χ3n) is 3.91. The van der Waals surface area contributed by atoms with E-state index >= 15 is 0 Å². The number of anilines is 1. The average Bonchev–Trinajstić information content (AvgIpc) is 2.38. The molecule has 0 bridgehead atoms. The van der Waals surface area contributed by atoms with E-state index in [1.54, 1.807) is 14.2 Å². The monoisotopic (exact) mass is 250 g/mol. The van der Waals surface area contributed by atoms with E-state index < -0.39 is 0 Å². The van der Waals surface area contributed by atoms with Gasteiger partial charge in [0.1, 0.15) is 11.5 Å². The van der Waals surface area contributed by atoms with E-state index in [4.69, 9.17) is 15.2 Å². The van der Waals surface area contributed by atoms with Gasteiger partial charge in [0.15, 0.2) is 0 Å². The lowest BCUT2D eigenvalue weighted by molar-refractivity contribution is 0.163. The molecule has 0 amide bonds. The lowest BCUT2D eigenvalue weighted by atomic mass is 9.69. The Kier molecular flexibility index (Phi) is 3.97. The van der Waals surface area contributed by atoms with E-state index in [9.17, 15) is 0 Å². The van der Waals surface area contributed by atoms with E-state index in [0.29, 0.717) is 0 Å². The van der Waals surface area contributed by atoms with Crippen LogP contribution in [0, 0.1) is 5.41 Å². The molecular weight excluding hydrogens is 228 g/mol. The van der Waals surface area contributed by atoms with Crippen LogP contribution in [-0.4, -0.2) is 27.3 Å². The molecule has 1 aromatic rings. The molecule has 2 rings (SSSR count). The summed E-state index contributed by atoms with van der Waals surface area (Å²) < 4.78 is 10.5. The van der Waals surface area contributed by atoms with Crippen molar-refractivity contribution in [1.29, 1.82) is 0 Å². The number of benzene rings is 1. The summed E-state index contributed by atoms with van der Waals surface area (Å²) in [5, 5.41) is 3.45. The van der Waals surface area contributed by atoms with Gasteiger partial charge in [-0.1, -0.05) is 6.42 Å². The first kappa shape index (κ1) is 13.0. The second kappa shape index (κ2) is 5.48. The summed E-state index contributed by atoms with van der Waals surface area (Å²) in [6.07, 6.45) is 3.72. The molecule has 18 heavy (non-hydrogen) atoms. The Labute approximate surface area is 108 Å². The van der Waals surface area contributed by atoms with Gasteiger partial charge in [0.2, 0.25) is 0 Å². The second-order valence-corrected chi connectivity index (χ2v) is 4.98. The summed E-state index contributed by atoms with van der Waals surface area (Å²) >= 11 is 0. The van der Waals surface area contributed by atoms with E-state index in [1.165, 1.54) is 19.3 Å². The Morgan fingerprint density at radius 2 is 2.06 bits per heavy atom. The maximum Gasteiger partial charge on any atom is 0.145 e. The van der Waals surface area contributed by atoms with Crippen molar-refractivity contribution in [2.45, 2.75) is 19.3 Å². The highest BCUT2D eigenvalue weighted by Gasteiger charge is 2.35. The van der Waals surface area contributed by atoms with Crippen molar-refractivity contribution >= 4 is 5.69 Å². The third kappa shape index (κ3) is 2.53. The van der Waals surface area contributed by atoms with Crippen LogP contribution >= 0.6 is 0 Å². The van der Waals surface area contributed by atoms with E-state index in [2.05, 4.69) is 5.32 Å². The van der Waals surface area contributed by atoms with Crippen LogP contribution in [0.2, 0.25) is 0 Å². The molecule has 3 N–H and O–H groups in total. The molecule has 1 aliphatic carbocycles. The van der Waals surface area contributed by atoms with Crippen LogP contribution in [0.3, 0.4) is 0 Å². The molecule has 0 heterocycles. The average molecular weight is 250 g/mol. The Morgan fingerprint density at radius 3 is 2.56 bits per heavy atom. The molecule has 1 saturated carbocycles. The zero-order valence-electron chi connectivity index (χ0n) is 11.2. The molecule has 4 nitrogen and oxygen atoms in total. The molecule has 0 aromatic heterocycles. The van der Waals surface area contributed by atoms with Crippen LogP contribution in [0.5, 0.6) is 11.5 Å². The number of hydrogen-bond donors (Lipinski definition) is 2. The quantitative estimate of drug-likeness (QED) is 0.813. The molecular formula is C14H22N2O2. The van der Waals surface area contributed by atoms with Crippen LogP contribution < -0.4 is 20.5 Å². The highest BCUT2D eigenvalue weighted by atomic mass is 16.5. The predicted molar refractivity (Wildman–Crippen MR) is 73.4 cm³/mol. The molecule has 0 aliphatic heterocycles. The fourth-order valence-electron chi connectivity index (χ4n) is 2.36. The highest BCUT2D eigenvalue weighted by molar-refractivity contribution is 5.59. The zero-order valence-corrected chi connectivity index (χ0v) is 11.2. The molecule has 0 saturated heterocycles. The Balaban J connectivity index is 2.04. The summed E-state index contributed by atoms with van der Waals surface area (Å²) in [7, 11) is 3.32. The standard InChI is InChI=1S/C14H22N2O2/c1-17-11-4-5-12(13(8-11)18-2)16-10-14(9-15)6-3-7-14/h4-5,8,16H,3,6-7,9-10,15H2,1-2H3. The van der Waals surface area contributed by atoms with Crippen molar-refractivity contribution in [3.05, 3.63) is 18.2 Å². The fraction of sp³-hybridized carbons (Fsp3) is 0.571. The van der Waals surface area contributed by atoms with Crippen molar-refractivity contribution in [1.82, 2.24) is 0 Å². The number of ether oxygens (including phenoxy) is 2. The van der Waals surface area contributed by atoms with Gasteiger partial charge in [-0.05, 0) is 36.9 Å². The number of nitrogens with one attached hydrogen (secondary N) is 1. The molecule has 1 fully saturated rings. The Morgan fingerprint density at radius 1 is 1.28 bits per heavy atom. The van der Waals surface area contributed by atoms with Crippen LogP contribution in [0.1, 0.15) is 19.3 Å². The Hall–Kier alpha value is -1.42. The number of rotatable bonds is 6. The van der Waals surface area contributed by atoms with Gasteiger partial charge in [0, 0.05) is 12.6 Å². The lowest BCUT2D eigenvalue weighted by Gasteiger charge is -2.41. The first-order chi connectivity index (χ1) is 8.73. The maximum atomic E-state index is 5.86. The molecule has 4 heteroatoms. The molecule has 1 aliphatic rings. The smallest absolute Gasteiger partial charge is 0.145 e. The predicted octanol–water partition coefficient (Wildman–Crippen LogP) is 2.24. The van der Waals surface area contributed by atoms with Gasteiger partial charge >= 0.3 is 0 Å². The minimum Gasteiger partial charge on any atom is -0.497 e. The van der Waals surface area contributed by atoms with E-state index in [-0.39, 0.29) is 5.41 Å². The normalized spacial score (nSPS) is 16.8. The van der Waals surface area contributed by atoms with Crippen LogP contribution in [0.15, 0.2) is 18.2 Å². The fourth-order valence-corrected chi connectivity index (χ4v) is 2.36. The summed E-state index contributed by atoms with van der Waals surface area (Å²) in [5.41, 5.74) is 7.14. The SMILES string of the molecule is COc1ccc(NCC2(CN)CCC2)c(OC)c1. The zero-order chi connectivity index (χ0) is 13.0. The van der Waals surface area contributed by atoms with Gasteiger partial charge in [0.05, 0.1) is 19.9 Å². The molecule has 0 radical (unpaired) electrons. The molecule has 0 atom stereocenters.